The zero-order valence-corrected chi connectivity index (χ0v) is 11.1. The van der Waals surface area contributed by atoms with E-state index in [1.807, 2.05) is 24.3 Å². The average molecular weight is 269 g/mol. The summed E-state index contributed by atoms with van der Waals surface area (Å²) in [4.78, 5) is 22.1. The van der Waals surface area contributed by atoms with Crippen LogP contribution in [-0.4, -0.2) is 6.03 Å². The van der Waals surface area contributed by atoms with Crippen molar-refractivity contribution in [1.82, 2.24) is 0 Å². The van der Waals surface area contributed by atoms with E-state index in [0.29, 0.717) is 11.4 Å². The standard InChI is InChI=1S/C15H15N3O2/c1-2-11-4-3-5-14(10-11)17-15(19)16-12-6-8-13(18-20)9-7-12/h3-10H,2H2,1H3,(H2,16,17,19). The maximum Gasteiger partial charge on any atom is 0.323 e. The Bertz CT molecular complexity index is 609. The number of carbonyl (C=O) groups is 1. The molecule has 5 nitrogen and oxygen atoms in total. The van der Waals surface area contributed by atoms with Gasteiger partial charge in [0.2, 0.25) is 0 Å². The molecule has 0 fully saturated rings. The van der Waals surface area contributed by atoms with Crippen molar-refractivity contribution in [3.05, 3.63) is 59.0 Å². The molecule has 0 spiro atoms. The topological polar surface area (TPSA) is 70.6 Å². The Morgan fingerprint density at radius 3 is 2.40 bits per heavy atom. The maximum atomic E-state index is 11.8. The van der Waals surface area contributed by atoms with Crippen molar-refractivity contribution >= 4 is 23.1 Å². The van der Waals surface area contributed by atoms with E-state index in [0.717, 1.165) is 17.7 Å². The van der Waals surface area contributed by atoms with Gasteiger partial charge in [0, 0.05) is 11.4 Å². The molecule has 0 heterocycles. The molecule has 0 aromatic heterocycles. The zero-order chi connectivity index (χ0) is 14.4. The molecule has 102 valence electrons. The fraction of sp³-hybridized carbons (Fsp3) is 0.133. The van der Waals surface area contributed by atoms with Crippen LogP contribution in [0.2, 0.25) is 0 Å². The summed E-state index contributed by atoms with van der Waals surface area (Å²) in [5, 5.41) is 8.24. The predicted molar refractivity (Wildman–Crippen MR) is 80.4 cm³/mol. The molecule has 0 unspecified atom stereocenters. The van der Waals surface area contributed by atoms with Crippen molar-refractivity contribution in [2.45, 2.75) is 13.3 Å². The van der Waals surface area contributed by atoms with Crippen LogP contribution in [0.3, 0.4) is 0 Å². The molecule has 2 rings (SSSR count). The number of urea groups is 1. The number of rotatable bonds is 4. The van der Waals surface area contributed by atoms with Crippen LogP contribution in [0.4, 0.5) is 21.9 Å². The molecule has 0 aliphatic heterocycles. The van der Waals surface area contributed by atoms with Gasteiger partial charge in [0.05, 0.1) is 0 Å². The number of nitroso groups, excluding NO2 is 1. The van der Waals surface area contributed by atoms with Gasteiger partial charge in [-0.15, -0.1) is 4.91 Å². The average Bonchev–Trinajstić information content (AvgIpc) is 2.48. The van der Waals surface area contributed by atoms with E-state index >= 15 is 0 Å². The molecule has 0 aliphatic rings. The number of anilines is 2. The minimum Gasteiger partial charge on any atom is -0.308 e. The predicted octanol–water partition coefficient (Wildman–Crippen LogP) is 4.29. The molecule has 0 atom stereocenters. The van der Waals surface area contributed by atoms with Crippen molar-refractivity contribution in [3.8, 4) is 0 Å². The van der Waals surface area contributed by atoms with Crippen LogP contribution in [-0.2, 0) is 6.42 Å². The molecule has 0 saturated heterocycles. The Balaban J connectivity index is 1.98. The maximum absolute atomic E-state index is 11.8. The van der Waals surface area contributed by atoms with E-state index in [1.165, 1.54) is 0 Å². The van der Waals surface area contributed by atoms with Gasteiger partial charge in [0.15, 0.2) is 0 Å². The lowest BCUT2D eigenvalue weighted by molar-refractivity contribution is 0.262. The molecule has 2 amide bonds. The van der Waals surface area contributed by atoms with Gasteiger partial charge in [-0.3, -0.25) is 0 Å². The van der Waals surface area contributed by atoms with E-state index in [4.69, 9.17) is 0 Å². The van der Waals surface area contributed by atoms with Gasteiger partial charge in [-0.25, -0.2) is 4.79 Å². The lowest BCUT2D eigenvalue weighted by atomic mass is 10.1. The van der Waals surface area contributed by atoms with Crippen molar-refractivity contribution in [3.63, 3.8) is 0 Å². The molecule has 0 bridgehead atoms. The van der Waals surface area contributed by atoms with Gasteiger partial charge in [0.25, 0.3) is 0 Å². The molecule has 0 saturated carbocycles. The highest BCUT2D eigenvalue weighted by atomic mass is 16.3. The van der Waals surface area contributed by atoms with Crippen LogP contribution in [0.15, 0.2) is 53.7 Å². The summed E-state index contributed by atoms with van der Waals surface area (Å²) in [6, 6.07) is 13.7. The van der Waals surface area contributed by atoms with Crippen LogP contribution >= 0.6 is 0 Å². The van der Waals surface area contributed by atoms with E-state index < -0.39 is 0 Å². The first-order chi connectivity index (χ1) is 9.71. The molecule has 2 aromatic rings. The molecule has 0 radical (unpaired) electrons. The van der Waals surface area contributed by atoms with Gasteiger partial charge in [0.1, 0.15) is 5.69 Å². The number of amides is 2. The van der Waals surface area contributed by atoms with E-state index in [2.05, 4.69) is 22.7 Å². The highest BCUT2D eigenvalue weighted by Crippen LogP contribution is 2.16. The number of nitrogens with zero attached hydrogens (tertiary/aromatic N) is 1. The molecule has 0 aliphatic carbocycles. The summed E-state index contributed by atoms with van der Waals surface area (Å²) >= 11 is 0. The Kier molecular flexibility index (Phi) is 4.44. The van der Waals surface area contributed by atoms with Gasteiger partial charge in [-0.1, -0.05) is 19.1 Å². The van der Waals surface area contributed by atoms with Crippen LogP contribution in [0.1, 0.15) is 12.5 Å². The third-order valence-corrected chi connectivity index (χ3v) is 2.82. The zero-order valence-electron chi connectivity index (χ0n) is 11.1. The SMILES string of the molecule is CCc1cccc(NC(=O)Nc2ccc(N=O)cc2)c1. The summed E-state index contributed by atoms with van der Waals surface area (Å²) in [5.74, 6) is 0. The molecular formula is C15H15N3O2. The number of nitrogens with one attached hydrogen (secondary N) is 2. The Labute approximate surface area is 117 Å². The number of aryl methyl sites for hydroxylation is 1. The normalized spacial score (nSPS) is 9.85. The molecule has 2 N–H and O–H groups in total. The van der Waals surface area contributed by atoms with Gasteiger partial charge < -0.3 is 10.6 Å². The van der Waals surface area contributed by atoms with E-state index in [1.54, 1.807) is 24.3 Å². The third-order valence-electron chi connectivity index (χ3n) is 2.82. The lowest BCUT2D eigenvalue weighted by Gasteiger charge is -2.08. The second-order valence-electron chi connectivity index (χ2n) is 4.27. The van der Waals surface area contributed by atoms with Crippen LogP contribution in [0.5, 0.6) is 0 Å². The smallest absolute Gasteiger partial charge is 0.308 e. The lowest BCUT2D eigenvalue weighted by Crippen LogP contribution is -2.19. The van der Waals surface area contributed by atoms with Crippen LogP contribution in [0.25, 0.3) is 0 Å². The monoisotopic (exact) mass is 269 g/mol. The van der Waals surface area contributed by atoms with Crippen molar-refractivity contribution < 1.29 is 4.79 Å². The molecular weight excluding hydrogens is 254 g/mol. The van der Waals surface area contributed by atoms with Crippen LogP contribution in [0, 0.1) is 4.91 Å². The largest absolute Gasteiger partial charge is 0.323 e. The Hall–Kier alpha value is -2.69. The minimum absolute atomic E-state index is 0.326. The Morgan fingerprint density at radius 1 is 1.05 bits per heavy atom. The molecule has 5 heteroatoms. The molecule has 20 heavy (non-hydrogen) atoms. The van der Waals surface area contributed by atoms with E-state index in [-0.39, 0.29) is 6.03 Å². The van der Waals surface area contributed by atoms with Crippen molar-refractivity contribution in [2.24, 2.45) is 5.18 Å². The minimum atomic E-state index is -0.329. The quantitative estimate of drug-likeness (QED) is 0.813. The fourth-order valence-electron chi connectivity index (χ4n) is 1.77. The Morgan fingerprint density at radius 2 is 1.75 bits per heavy atom. The van der Waals surface area contributed by atoms with Gasteiger partial charge in [-0.2, -0.15) is 0 Å². The summed E-state index contributed by atoms with van der Waals surface area (Å²) < 4.78 is 0. The summed E-state index contributed by atoms with van der Waals surface area (Å²) in [7, 11) is 0. The highest BCUT2D eigenvalue weighted by molar-refractivity contribution is 5.99. The molecule has 2 aromatic carbocycles. The fourth-order valence-corrected chi connectivity index (χ4v) is 1.77. The number of carbonyl (C=O) groups excluding carboxylic acids is 1. The second-order valence-corrected chi connectivity index (χ2v) is 4.27. The van der Waals surface area contributed by atoms with Crippen molar-refractivity contribution in [2.75, 3.05) is 10.6 Å². The summed E-state index contributed by atoms with van der Waals surface area (Å²) in [6.45, 7) is 2.06. The van der Waals surface area contributed by atoms with Gasteiger partial charge >= 0.3 is 6.03 Å². The highest BCUT2D eigenvalue weighted by Gasteiger charge is 2.03. The first kappa shape index (κ1) is 13.7. The second kappa shape index (κ2) is 6.47. The van der Waals surface area contributed by atoms with Crippen molar-refractivity contribution in [1.29, 1.82) is 0 Å². The summed E-state index contributed by atoms with van der Waals surface area (Å²) in [5.41, 5.74) is 2.82. The number of hydrogen-bond donors (Lipinski definition) is 2. The first-order valence-corrected chi connectivity index (χ1v) is 6.31. The third kappa shape index (κ3) is 3.65. The number of benzene rings is 2. The van der Waals surface area contributed by atoms with Gasteiger partial charge in [-0.05, 0) is 53.6 Å². The van der Waals surface area contributed by atoms with E-state index in [9.17, 15) is 9.70 Å². The number of hydrogen-bond acceptors (Lipinski definition) is 3. The summed E-state index contributed by atoms with van der Waals surface area (Å²) in [6.07, 6.45) is 0.914. The van der Waals surface area contributed by atoms with Crippen LogP contribution < -0.4 is 10.6 Å². The first-order valence-electron chi connectivity index (χ1n) is 6.31.